The van der Waals surface area contributed by atoms with Crippen LogP contribution in [-0.2, 0) is 4.79 Å². The van der Waals surface area contributed by atoms with Crippen molar-refractivity contribution in [1.29, 1.82) is 0 Å². The first-order valence-electron chi connectivity index (χ1n) is 5.33. The van der Waals surface area contributed by atoms with Crippen LogP contribution in [0.15, 0.2) is 0 Å². The van der Waals surface area contributed by atoms with Crippen molar-refractivity contribution in [2.24, 2.45) is 11.7 Å². The standard InChI is InChI=1S/C10H17F3N2O/c1-15-9(6-8(14)16)4-2-7(3-5-9)10(11,12)13/h7,15H,2-6H2,1H3,(H2,14,16). The van der Waals surface area contributed by atoms with Gasteiger partial charge >= 0.3 is 6.18 Å². The van der Waals surface area contributed by atoms with Crippen molar-refractivity contribution >= 4 is 5.91 Å². The molecule has 0 saturated heterocycles. The Morgan fingerprint density at radius 3 is 2.25 bits per heavy atom. The maximum absolute atomic E-state index is 12.4. The van der Waals surface area contributed by atoms with Crippen molar-refractivity contribution < 1.29 is 18.0 Å². The summed E-state index contributed by atoms with van der Waals surface area (Å²) in [6, 6.07) is 0. The fourth-order valence-corrected chi connectivity index (χ4v) is 2.35. The molecule has 0 heterocycles. The Kier molecular flexibility index (Phi) is 3.83. The summed E-state index contributed by atoms with van der Waals surface area (Å²) in [5.41, 5.74) is 4.57. The third-order valence-electron chi connectivity index (χ3n) is 3.45. The number of halogens is 3. The monoisotopic (exact) mass is 238 g/mol. The van der Waals surface area contributed by atoms with Crippen LogP contribution >= 0.6 is 0 Å². The van der Waals surface area contributed by atoms with Gasteiger partial charge in [-0.3, -0.25) is 4.79 Å². The minimum atomic E-state index is -4.12. The van der Waals surface area contributed by atoms with E-state index in [1.165, 1.54) is 0 Å². The number of nitrogens with one attached hydrogen (secondary N) is 1. The zero-order valence-electron chi connectivity index (χ0n) is 9.23. The lowest BCUT2D eigenvalue weighted by molar-refractivity contribution is -0.185. The largest absolute Gasteiger partial charge is 0.391 e. The van der Waals surface area contributed by atoms with Crippen LogP contribution in [0.3, 0.4) is 0 Å². The molecule has 1 amide bonds. The molecule has 0 aromatic rings. The summed E-state index contributed by atoms with van der Waals surface area (Å²) in [6.07, 6.45) is -3.19. The van der Waals surface area contributed by atoms with E-state index in [0.717, 1.165) is 0 Å². The Morgan fingerprint density at radius 1 is 1.44 bits per heavy atom. The van der Waals surface area contributed by atoms with Gasteiger partial charge in [-0.2, -0.15) is 13.2 Å². The van der Waals surface area contributed by atoms with E-state index in [9.17, 15) is 18.0 Å². The van der Waals surface area contributed by atoms with Gasteiger partial charge in [0.05, 0.1) is 5.92 Å². The van der Waals surface area contributed by atoms with E-state index >= 15 is 0 Å². The van der Waals surface area contributed by atoms with E-state index in [0.29, 0.717) is 12.8 Å². The average molecular weight is 238 g/mol. The SMILES string of the molecule is CNC1(CC(N)=O)CCC(C(F)(F)F)CC1. The molecule has 1 saturated carbocycles. The Labute approximate surface area is 92.6 Å². The average Bonchev–Trinajstić information content (AvgIpc) is 2.16. The molecule has 0 aliphatic heterocycles. The molecule has 3 nitrogen and oxygen atoms in total. The van der Waals surface area contributed by atoms with Crippen molar-refractivity contribution in [2.75, 3.05) is 7.05 Å². The minimum Gasteiger partial charge on any atom is -0.370 e. The second kappa shape index (κ2) is 4.61. The lowest BCUT2D eigenvalue weighted by Crippen LogP contribution is -2.49. The maximum Gasteiger partial charge on any atom is 0.391 e. The Morgan fingerprint density at radius 2 is 1.94 bits per heavy atom. The van der Waals surface area contributed by atoms with Crippen LogP contribution in [0.1, 0.15) is 32.1 Å². The van der Waals surface area contributed by atoms with E-state index in [-0.39, 0.29) is 19.3 Å². The molecule has 1 rings (SSSR count). The molecule has 1 aliphatic rings. The maximum atomic E-state index is 12.4. The lowest BCUT2D eigenvalue weighted by atomic mass is 9.74. The topological polar surface area (TPSA) is 55.1 Å². The molecular formula is C10H17F3N2O. The van der Waals surface area contributed by atoms with Gasteiger partial charge in [0.15, 0.2) is 0 Å². The molecule has 0 bridgehead atoms. The molecule has 0 aromatic heterocycles. The number of hydrogen-bond acceptors (Lipinski definition) is 2. The normalized spacial score (nSPS) is 31.4. The number of nitrogens with two attached hydrogens (primary N) is 1. The molecule has 94 valence electrons. The quantitative estimate of drug-likeness (QED) is 0.784. The molecule has 0 spiro atoms. The van der Waals surface area contributed by atoms with Crippen LogP contribution in [0.5, 0.6) is 0 Å². The number of alkyl halides is 3. The van der Waals surface area contributed by atoms with Gasteiger partial charge < -0.3 is 11.1 Å². The first kappa shape index (κ1) is 13.3. The molecular weight excluding hydrogens is 221 g/mol. The highest BCUT2D eigenvalue weighted by atomic mass is 19.4. The molecule has 16 heavy (non-hydrogen) atoms. The Hall–Kier alpha value is -0.780. The number of rotatable bonds is 3. The number of primary amides is 1. The highest BCUT2D eigenvalue weighted by molar-refractivity contribution is 5.75. The molecule has 3 N–H and O–H groups in total. The predicted molar refractivity (Wildman–Crippen MR) is 53.6 cm³/mol. The van der Waals surface area contributed by atoms with Crippen molar-refractivity contribution in [3.8, 4) is 0 Å². The van der Waals surface area contributed by atoms with E-state index in [4.69, 9.17) is 5.73 Å². The summed E-state index contributed by atoms with van der Waals surface area (Å²) in [6.45, 7) is 0. The predicted octanol–water partition coefficient (Wildman–Crippen LogP) is 1.57. The summed E-state index contributed by atoms with van der Waals surface area (Å²) < 4.78 is 37.3. The molecule has 1 fully saturated rings. The molecule has 0 radical (unpaired) electrons. The minimum absolute atomic E-state index is 0.0671. The third kappa shape index (κ3) is 3.10. The second-order valence-electron chi connectivity index (χ2n) is 4.49. The summed E-state index contributed by atoms with van der Waals surface area (Å²) in [5, 5.41) is 2.95. The van der Waals surface area contributed by atoms with E-state index in [1.54, 1.807) is 7.05 Å². The third-order valence-corrected chi connectivity index (χ3v) is 3.45. The van der Waals surface area contributed by atoms with Crippen LogP contribution in [0.2, 0.25) is 0 Å². The summed E-state index contributed by atoms with van der Waals surface area (Å²) in [7, 11) is 1.66. The molecule has 6 heteroatoms. The van der Waals surface area contributed by atoms with Crippen molar-refractivity contribution in [2.45, 2.75) is 43.8 Å². The summed E-state index contributed by atoms with van der Waals surface area (Å²) >= 11 is 0. The first-order valence-corrected chi connectivity index (χ1v) is 5.33. The number of carbonyl (C=O) groups is 1. The van der Waals surface area contributed by atoms with Gasteiger partial charge in [-0.05, 0) is 32.7 Å². The van der Waals surface area contributed by atoms with Crippen LogP contribution in [0.4, 0.5) is 13.2 Å². The summed E-state index contributed by atoms with van der Waals surface area (Å²) in [5.74, 6) is -1.71. The van der Waals surface area contributed by atoms with Gasteiger partial charge in [0.25, 0.3) is 0 Å². The first-order chi connectivity index (χ1) is 7.29. The Bertz CT molecular complexity index is 257. The van der Waals surface area contributed by atoms with Crippen molar-refractivity contribution in [1.82, 2.24) is 5.32 Å². The zero-order chi connectivity index (χ0) is 12.4. The highest BCUT2D eigenvalue weighted by Crippen LogP contribution is 2.41. The fourth-order valence-electron chi connectivity index (χ4n) is 2.35. The number of amides is 1. The van der Waals surface area contributed by atoms with Gasteiger partial charge in [-0.25, -0.2) is 0 Å². The second-order valence-corrected chi connectivity index (χ2v) is 4.49. The molecule has 0 unspecified atom stereocenters. The van der Waals surface area contributed by atoms with E-state index < -0.39 is 23.5 Å². The number of carbonyl (C=O) groups excluding carboxylic acids is 1. The van der Waals surface area contributed by atoms with Gasteiger partial charge in [0.2, 0.25) is 5.91 Å². The fraction of sp³-hybridized carbons (Fsp3) is 0.900. The number of hydrogen-bond donors (Lipinski definition) is 2. The van der Waals surface area contributed by atoms with Gasteiger partial charge in [0.1, 0.15) is 0 Å². The van der Waals surface area contributed by atoms with Crippen molar-refractivity contribution in [3.63, 3.8) is 0 Å². The summed E-state index contributed by atoms with van der Waals surface area (Å²) in [4.78, 5) is 10.9. The van der Waals surface area contributed by atoms with Gasteiger partial charge in [-0.1, -0.05) is 0 Å². The molecule has 0 aromatic carbocycles. The van der Waals surface area contributed by atoms with E-state index in [1.807, 2.05) is 0 Å². The molecule has 1 aliphatic carbocycles. The highest BCUT2D eigenvalue weighted by Gasteiger charge is 2.45. The van der Waals surface area contributed by atoms with Crippen LogP contribution in [0.25, 0.3) is 0 Å². The van der Waals surface area contributed by atoms with Crippen LogP contribution < -0.4 is 11.1 Å². The van der Waals surface area contributed by atoms with Crippen LogP contribution in [-0.4, -0.2) is 24.7 Å². The van der Waals surface area contributed by atoms with E-state index in [2.05, 4.69) is 5.32 Å². The van der Waals surface area contributed by atoms with Gasteiger partial charge in [0, 0.05) is 12.0 Å². The van der Waals surface area contributed by atoms with Gasteiger partial charge in [-0.15, -0.1) is 0 Å². The smallest absolute Gasteiger partial charge is 0.370 e. The van der Waals surface area contributed by atoms with Crippen molar-refractivity contribution in [3.05, 3.63) is 0 Å². The Balaban J connectivity index is 2.60. The molecule has 0 atom stereocenters. The zero-order valence-corrected chi connectivity index (χ0v) is 9.23. The van der Waals surface area contributed by atoms with Crippen LogP contribution in [0, 0.1) is 5.92 Å². The lowest BCUT2D eigenvalue weighted by Gasteiger charge is -2.39.